The summed E-state index contributed by atoms with van der Waals surface area (Å²) in [6.45, 7) is 1.80. The van der Waals surface area contributed by atoms with Gasteiger partial charge in [0.15, 0.2) is 0 Å². The van der Waals surface area contributed by atoms with Crippen molar-refractivity contribution in [3.8, 4) is 0 Å². The van der Waals surface area contributed by atoms with E-state index in [-0.39, 0.29) is 6.42 Å². The number of hydrogen-bond donors (Lipinski definition) is 1. The third kappa shape index (κ3) is 2.77. The van der Waals surface area contributed by atoms with Crippen LogP contribution in [0.5, 0.6) is 0 Å². The molecule has 0 aromatic carbocycles. The van der Waals surface area contributed by atoms with Crippen LogP contribution in [-0.2, 0) is 9.53 Å². The van der Waals surface area contributed by atoms with Crippen LogP contribution in [-0.4, -0.2) is 28.2 Å². The zero-order valence-electron chi connectivity index (χ0n) is 8.10. The number of hydrogen-bond acceptors (Lipinski definition) is 5. The second-order valence-corrected chi connectivity index (χ2v) is 2.88. The van der Waals surface area contributed by atoms with E-state index in [2.05, 4.69) is 14.7 Å². The molecule has 0 aliphatic heterocycles. The van der Waals surface area contributed by atoms with Crippen molar-refractivity contribution >= 4 is 5.97 Å². The van der Waals surface area contributed by atoms with Crippen molar-refractivity contribution < 1.29 is 14.6 Å². The van der Waals surface area contributed by atoms with Crippen molar-refractivity contribution in [3.05, 3.63) is 23.8 Å². The summed E-state index contributed by atoms with van der Waals surface area (Å²) in [4.78, 5) is 18.7. The zero-order chi connectivity index (χ0) is 10.6. The van der Waals surface area contributed by atoms with Crippen LogP contribution in [0.2, 0.25) is 0 Å². The minimum atomic E-state index is -0.949. The molecule has 1 aromatic rings. The van der Waals surface area contributed by atoms with E-state index in [1.54, 1.807) is 6.92 Å². The summed E-state index contributed by atoms with van der Waals surface area (Å²) in [5.41, 5.74) is 1.14. The summed E-state index contributed by atoms with van der Waals surface area (Å²) < 4.78 is 4.42. The van der Waals surface area contributed by atoms with E-state index in [0.717, 1.165) is 5.69 Å². The van der Waals surface area contributed by atoms with Gasteiger partial charge in [0.2, 0.25) is 0 Å². The van der Waals surface area contributed by atoms with E-state index in [9.17, 15) is 9.90 Å². The Labute approximate surface area is 81.8 Å². The van der Waals surface area contributed by atoms with Crippen LogP contribution in [0.4, 0.5) is 0 Å². The van der Waals surface area contributed by atoms with E-state index >= 15 is 0 Å². The average Bonchev–Trinajstić information content (AvgIpc) is 2.18. The Hall–Kier alpha value is -1.49. The lowest BCUT2D eigenvalue weighted by Crippen LogP contribution is -2.09. The molecule has 0 aliphatic rings. The van der Waals surface area contributed by atoms with E-state index < -0.39 is 12.1 Å². The second-order valence-electron chi connectivity index (χ2n) is 2.88. The number of ether oxygens (including phenoxy) is 1. The van der Waals surface area contributed by atoms with Crippen LogP contribution in [0.3, 0.4) is 0 Å². The fourth-order valence-corrected chi connectivity index (χ4v) is 0.920. The Bertz CT molecular complexity index is 310. The number of aromatic nitrogens is 2. The monoisotopic (exact) mass is 196 g/mol. The van der Waals surface area contributed by atoms with Crippen molar-refractivity contribution in [3.63, 3.8) is 0 Å². The summed E-state index contributed by atoms with van der Waals surface area (Å²) in [5.74, 6) is -0.472. The largest absolute Gasteiger partial charge is 0.469 e. The van der Waals surface area contributed by atoms with E-state index in [0.29, 0.717) is 5.69 Å². The molecule has 1 rings (SSSR count). The summed E-state index contributed by atoms with van der Waals surface area (Å²) in [5, 5.41) is 9.51. The zero-order valence-corrected chi connectivity index (χ0v) is 8.10. The first-order chi connectivity index (χ1) is 6.63. The number of methoxy groups -OCH3 is 1. The molecule has 0 radical (unpaired) electrons. The average molecular weight is 196 g/mol. The normalized spacial score (nSPS) is 12.2. The number of carbonyl (C=O) groups is 1. The first-order valence-corrected chi connectivity index (χ1v) is 4.17. The summed E-state index contributed by atoms with van der Waals surface area (Å²) in [6, 6.07) is 0. The number of aliphatic hydroxyl groups excluding tert-OH is 1. The number of carbonyl (C=O) groups excluding carboxylic acids is 1. The molecule has 1 heterocycles. The summed E-state index contributed by atoms with van der Waals surface area (Å²) in [6.07, 6.45) is 1.93. The number of aryl methyl sites for hydroxylation is 1. The van der Waals surface area contributed by atoms with Gasteiger partial charge in [0.05, 0.1) is 31.1 Å². The van der Waals surface area contributed by atoms with Crippen molar-refractivity contribution in [2.24, 2.45) is 0 Å². The van der Waals surface area contributed by atoms with Gasteiger partial charge in [0.1, 0.15) is 6.10 Å². The van der Waals surface area contributed by atoms with Crippen LogP contribution in [0.1, 0.15) is 23.9 Å². The second kappa shape index (κ2) is 4.66. The lowest BCUT2D eigenvalue weighted by atomic mass is 10.2. The predicted octanol–water partition coefficient (Wildman–Crippen LogP) is 0.382. The van der Waals surface area contributed by atoms with E-state index in [1.165, 1.54) is 19.5 Å². The molecule has 0 saturated carbocycles. The summed E-state index contributed by atoms with van der Waals surface area (Å²) >= 11 is 0. The molecule has 0 saturated heterocycles. The van der Waals surface area contributed by atoms with Gasteiger partial charge in [-0.05, 0) is 6.92 Å². The maximum absolute atomic E-state index is 10.8. The minimum absolute atomic E-state index is 0.103. The Morgan fingerprint density at radius 1 is 1.57 bits per heavy atom. The molecule has 0 fully saturated rings. The SMILES string of the molecule is COC(=O)CC(O)c1cnc(C)cn1. The third-order valence-electron chi connectivity index (χ3n) is 1.73. The number of esters is 1. The Kier molecular flexibility index (Phi) is 3.53. The molecule has 1 atom stereocenters. The quantitative estimate of drug-likeness (QED) is 0.707. The van der Waals surface area contributed by atoms with Crippen LogP contribution in [0.15, 0.2) is 12.4 Å². The van der Waals surface area contributed by atoms with Gasteiger partial charge < -0.3 is 9.84 Å². The Morgan fingerprint density at radius 2 is 2.29 bits per heavy atom. The molecule has 0 aliphatic carbocycles. The van der Waals surface area contributed by atoms with Crippen molar-refractivity contribution in [1.82, 2.24) is 9.97 Å². The lowest BCUT2D eigenvalue weighted by molar-refractivity contribution is -0.142. The Balaban J connectivity index is 2.65. The highest BCUT2D eigenvalue weighted by atomic mass is 16.5. The van der Waals surface area contributed by atoms with Gasteiger partial charge in [-0.1, -0.05) is 0 Å². The smallest absolute Gasteiger partial charge is 0.308 e. The van der Waals surface area contributed by atoms with Crippen LogP contribution >= 0.6 is 0 Å². The minimum Gasteiger partial charge on any atom is -0.469 e. The van der Waals surface area contributed by atoms with Crippen LogP contribution in [0.25, 0.3) is 0 Å². The maximum Gasteiger partial charge on any atom is 0.308 e. The fourth-order valence-electron chi connectivity index (χ4n) is 0.920. The Morgan fingerprint density at radius 3 is 2.79 bits per heavy atom. The third-order valence-corrected chi connectivity index (χ3v) is 1.73. The molecule has 0 amide bonds. The molecule has 76 valence electrons. The van der Waals surface area contributed by atoms with E-state index in [1.807, 2.05) is 0 Å². The molecule has 1 unspecified atom stereocenters. The first-order valence-electron chi connectivity index (χ1n) is 4.17. The molecular weight excluding hydrogens is 184 g/mol. The molecule has 1 aromatic heterocycles. The van der Waals surface area contributed by atoms with Gasteiger partial charge in [-0.2, -0.15) is 0 Å². The van der Waals surface area contributed by atoms with Crippen molar-refractivity contribution in [2.75, 3.05) is 7.11 Å². The molecule has 5 heteroatoms. The highest BCUT2D eigenvalue weighted by molar-refractivity contribution is 5.69. The number of rotatable bonds is 3. The van der Waals surface area contributed by atoms with Gasteiger partial charge in [0.25, 0.3) is 0 Å². The molecular formula is C9H12N2O3. The van der Waals surface area contributed by atoms with Crippen molar-refractivity contribution in [2.45, 2.75) is 19.4 Å². The van der Waals surface area contributed by atoms with Gasteiger partial charge >= 0.3 is 5.97 Å². The highest BCUT2D eigenvalue weighted by Gasteiger charge is 2.14. The molecule has 0 spiro atoms. The van der Waals surface area contributed by atoms with Crippen molar-refractivity contribution in [1.29, 1.82) is 0 Å². The highest BCUT2D eigenvalue weighted by Crippen LogP contribution is 2.13. The van der Waals surface area contributed by atoms with E-state index in [4.69, 9.17) is 0 Å². The molecule has 0 bridgehead atoms. The molecule has 5 nitrogen and oxygen atoms in total. The van der Waals surface area contributed by atoms with Gasteiger partial charge in [-0.15, -0.1) is 0 Å². The van der Waals surface area contributed by atoms with Gasteiger partial charge in [-0.3, -0.25) is 14.8 Å². The number of nitrogens with zero attached hydrogens (tertiary/aromatic N) is 2. The topological polar surface area (TPSA) is 72.3 Å². The van der Waals surface area contributed by atoms with Crippen LogP contribution < -0.4 is 0 Å². The van der Waals surface area contributed by atoms with Gasteiger partial charge in [0, 0.05) is 6.20 Å². The molecule has 14 heavy (non-hydrogen) atoms. The maximum atomic E-state index is 10.8. The number of aliphatic hydroxyl groups is 1. The lowest BCUT2D eigenvalue weighted by Gasteiger charge is -2.07. The fraction of sp³-hybridized carbons (Fsp3) is 0.444. The predicted molar refractivity (Wildman–Crippen MR) is 48.4 cm³/mol. The standard InChI is InChI=1S/C9H12N2O3/c1-6-4-11-7(5-10-6)8(12)3-9(13)14-2/h4-5,8,12H,3H2,1-2H3. The van der Waals surface area contributed by atoms with Gasteiger partial charge in [-0.25, -0.2) is 0 Å². The van der Waals surface area contributed by atoms with Crippen LogP contribution in [0, 0.1) is 6.92 Å². The molecule has 1 N–H and O–H groups in total. The first kappa shape index (κ1) is 10.6. The summed E-state index contributed by atoms with van der Waals surface area (Å²) in [7, 11) is 1.27.